The Kier molecular flexibility index (Phi) is 13.7. The van der Waals surface area contributed by atoms with Crippen LogP contribution in [-0.4, -0.2) is 50.2 Å². The van der Waals surface area contributed by atoms with Crippen molar-refractivity contribution in [2.45, 2.75) is 39.7 Å². The van der Waals surface area contributed by atoms with Gasteiger partial charge in [-0.1, -0.05) is 6.08 Å². The first-order valence-electron chi connectivity index (χ1n) is 8.47. The normalized spacial score (nSPS) is 15.4. The number of terminal acetylenes is 1. The summed E-state index contributed by atoms with van der Waals surface area (Å²) in [5, 5.41) is 7.24. The molecule has 6 nitrogen and oxygen atoms in total. The van der Waals surface area contributed by atoms with Gasteiger partial charge in [0.25, 0.3) is 0 Å². The molecule has 1 heterocycles. The van der Waals surface area contributed by atoms with Gasteiger partial charge in [-0.3, -0.25) is 9.79 Å². The molecule has 1 aliphatic rings. The molecular formula is C19H30N4O2. The number of nitrogens with zero attached hydrogens (tertiary/aromatic N) is 2. The van der Waals surface area contributed by atoms with Crippen molar-refractivity contribution in [3.05, 3.63) is 24.3 Å². The molecule has 1 atom stereocenters. The van der Waals surface area contributed by atoms with Gasteiger partial charge in [-0.15, -0.1) is 12.3 Å². The highest BCUT2D eigenvalue weighted by atomic mass is 16.5. The molecule has 0 saturated carbocycles. The molecule has 0 amide bonds. The molecular weight excluding hydrogens is 316 g/mol. The molecule has 25 heavy (non-hydrogen) atoms. The van der Waals surface area contributed by atoms with Gasteiger partial charge in [-0.25, -0.2) is 0 Å². The molecule has 0 aromatic rings. The van der Waals surface area contributed by atoms with Gasteiger partial charge in [0.2, 0.25) is 5.90 Å². The van der Waals surface area contributed by atoms with Crippen molar-refractivity contribution in [2.24, 2.45) is 10.1 Å². The number of allylic oxidation sites excluding steroid dienone is 2. The van der Waals surface area contributed by atoms with E-state index in [4.69, 9.17) is 4.74 Å². The minimum absolute atomic E-state index is 0.0256. The number of rotatable bonds is 8. The van der Waals surface area contributed by atoms with Crippen molar-refractivity contribution >= 4 is 17.4 Å². The summed E-state index contributed by atoms with van der Waals surface area (Å²) in [6, 6.07) is 0. The van der Waals surface area contributed by atoms with E-state index in [-0.39, 0.29) is 18.4 Å². The zero-order valence-corrected chi connectivity index (χ0v) is 15.7. The lowest BCUT2D eigenvalue weighted by atomic mass is 10.2. The highest BCUT2D eigenvalue weighted by Crippen LogP contribution is 2.01. The van der Waals surface area contributed by atoms with E-state index >= 15 is 0 Å². The van der Waals surface area contributed by atoms with Crippen molar-refractivity contribution in [2.75, 3.05) is 26.7 Å². The number of carbonyl (C=O) groups excluding carboxylic acids is 1. The van der Waals surface area contributed by atoms with E-state index in [1.807, 2.05) is 33.0 Å². The molecule has 0 aliphatic carbocycles. The van der Waals surface area contributed by atoms with E-state index in [1.54, 1.807) is 19.1 Å². The van der Waals surface area contributed by atoms with Gasteiger partial charge in [0.05, 0.1) is 18.4 Å². The average Bonchev–Trinajstić information content (AvgIpc) is 2.78. The van der Waals surface area contributed by atoms with Gasteiger partial charge < -0.3 is 15.5 Å². The predicted molar refractivity (Wildman–Crippen MR) is 105 cm³/mol. The quantitative estimate of drug-likeness (QED) is 0.401. The molecule has 2 N–H and O–H groups in total. The lowest BCUT2D eigenvalue weighted by Gasteiger charge is -2.14. The monoisotopic (exact) mass is 346 g/mol. The molecule has 6 heteroatoms. The van der Waals surface area contributed by atoms with E-state index in [0.29, 0.717) is 18.9 Å². The second kappa shape index (κ2) is 15.2. The van der Waals surface area contributed by atoms with E-state index in [1.165, 1.54) is 0 Å². The molecule has 0 spiro atoms. The average molecular weight is 346 g/mol. The molecule has 0 bridgehead atoms. The number of ether oxygens (including phenoxy) is 1. The highest BCUT2D eigenvalue weighted by Gasteiger charge is 2.05. The number of nitrogens with one attached hydrogen (secondary N) is 2. The van der Waals surface area contributed by atoms with Crippen LogP contribution in [0, 0.1) is 12.3 Å². The van der Waals surface area contributed by atoms with Crippen LogP contribution >= 0.6 is 0 Å². The Hall–Kier alpha value is -2.39. The van der Waals surface area contributed by atoms with Gasteiger partial charge in [-0.2, -0.15) is 5.10 Å². The smallest absolute Gasteiger partial charge is 0.208 e. The zero-order valence-electron chi connectivity index (χ0n) is 15.7. The van der Waals surface area contributed by atoms with Gasteiger partial charge in [0.1, 0.15) is 0 Å². The lowest BCUT2D eigenvalue weighted by Crippen LogP contribution is -2.19. The Labute approximate surface area is 151 Å². The standard InChI is InChI=1S/C16H26N4O2.C3H4/c1-4-18-16(22-13(2)10-11-17-3)7-5-6-14-8-9-15(21)12-19-20-14;1-3-2/h5,7-9,13,17,19H,4,6,10-12H2,1-3H3;1H,2H3/b7-5-,18-16?;. The van der Waals surface area contributed by atoms with Crippen LogP contribution in [0.1, 0.15) is 33.6 Å². The van der Waals surface area contributed by atoms with E-state index in [2.05, 4.69) is 33.2 Å². The molecule has 1 rings (SSSR count). The van der Waals surface area contributed by atoms with Gasteiger partial charge in [0, 0.05) is 13.0 Å². The van der Waals surface area contributed by atoms with Crippen molar-refractivity contribution in [3.8, 4) is 12.3 Å². The van der Waals surface area contributed by atoms with Crippen LogP contribution in [0.5, 0.6) is 0 Å². The molecule has 0 fully saturated rings. The van der Waals surface area contributed by atoms with Crippen molar-refractivity contribution in [1.82, 2.24) is 10.7 Å². The summed E-state index contributed by atoms with van der Waals surface area (Å²) in [5.74, 6) is 2.91. The molecule has 138 valence electrons. The maximum Gasteiger partial charge on any atom is 0.208 e. The minimum Gasteiger partial charge on any atom is -0.475 e. The predicted octanol–water partition coefficient (Wildman–Crippen LogP) is 2.09. The van der Waals surface area contributed by atoms with Crippen LogP contribution in [0.2, 0.25) is 0 Å². The van der Waals surface area contributed by atoms with Crippen LogP contribution in [0.25, 0.3) is 0 Å². The Balaban J connectivity index is 0.00000178. The Morgan fingerprint density at radius 2 is 2.32 bits per heavy atom. The number of hydrogen-bond donors (Lipinski definition) is 2. The summed E-state index contributed by atoms with van der Waals surface area (Å²) >= 11 is 0. The summed E-state index contributed by atoms with van der Waals surface area (Å²) in [6.07, 6.45) is 13.3. The maximum atomic E-state index is 11.2. The van der Waals surface area contributed by atoms with Gasteiger partial charge in [0.15, 0.2) is 5.78 Å². The number of ketones is 1. The second-order valence-corrected chi connectivity index (χ2v) is 5.27. The number of hydrazone groups is 1. The molecule has 1 aliphatic heterocycles. The maximum absolute atomic E-state index is 11.2. The van der Waals surface area contributed by atoms with E-state index < -0.39 is 0 Å². The van der Waals surface area contributed by atoms with Crippen LogP contribution in [0.3, 0.4) is 0 Å². The van der Waals surface area contributed by atoms with E-state index in [0.717, 1.165) is 18.7 Å². The molecule has 0 aromatic carbocycles. The Morgan fingerprint density at radius 3 is 2.96 bits per heavy atom. The third-order valence-corrected chi connectivity index (χ3v) is 2.96. The SMILES string of the molecule is C#CC.CCN=C(/C=C\CC1=NNCC(=O)C=C1)OC(C)CCNC. The fourth-order valence-corrected chi connectivity index (χ4v) is 1.80. The Morgan fingerprint density at radius 1 is 1.60 bits per heavy atom. The van der Waals surface area contributed by atoms with Crippen LogP contribution in [-0.2, 0) is 9.53 Å². The van der Waals surface area contributed by atoms with Crippen LogP contribution in [0.15, 0.2) is 34.4 Å². The first-order chi connectivity index (χ1) is 12.1. The summed E-state index contributed by atoms with van der Waals surface area (Å²) in [7, 11) is 1.92. The van der Waals surface area contributed by atoms with E-state index in [9.17, 15) is 4.79 Å². The minimum atomic E-state index is 0.0256. The number of carbonyl (C=O) groups is 1. The van der Waals surface area contributed by atoms with Crippen molar-refractivity contribution in [1.29, 1.82) is 0 Å². The zero-order chi connectivity index (χ0) is 18.9. The number of hydrogen-bond acceptors (Lipinski definition) is 6. The van der Waals surface area contributed by atoms with Crippen molar-refractivity contribution in [3.63, 3.8) is 0 Å². The molecule has 0 aromatic heterocycles. The Bertz CT molecular complexity index is 542. The first kappa shape index (κ1) is 22.6. The van der Waals surface area contributed by atoms with Crippen LogP contribution < -0.4 is 10.7 Å². The summed E-state index contributed by atoms with van der Waals surface area (Å²) < 4.78 is 5.82. The van der Waals surface area contributed by atoms with Gasteiger partial charge >= 0.3 is 0 Å². The molecule has 0 saturated heterocycles. The largest absolute Gasteiger partial charge is 0.475 e. The molecule has 0 radical (unpaired) electrons. The summed E-state index contributed by atoms with van der Waals surface area (Å²) in [5.41, 5.74) is 3.55. The molecule has 1 unspecified atom stereocenters. The fraction of sp³-hybridized carbons (Fsp3) is 0.526. The summed E-state index contributed by atoms with van der Waals surface area (Å²) in [4.78, 5) is 15.6. The third kappa shape index (κ3) is 12.7. The van der Waals surface area contributed by atoms with Crippen molar-refractivity contribution < 1.29 is 9.53 Å². The lowest BCUT2D eigenvalue weighted by molar-refractivity contribution is -0.113. The topological polar surface area (TPSA) is 75.1 Å². The van der Waals surface area contributed by atoms with Crippen LogP contribution in [0.4, 0.5) is 0 Å². The van der Waals surface area contributed by atoms with Gasteiger partial charge in [-0.05, 0) is 59.0 Å². The highest BCUT2D eigenvalue weighted by molar-refractivity contribution is 6.04. The number of aliphatic imine (C=N–C) groups is 1. The first-order valence-corrected chi connectivity index (χ1v) is 8.47. The second-order valence-electron chi connectivity index (χ2n) is 5.27. The third-order valence-electron chi connectivity index (χ3n) is 2.96. The fourth-order valence-electron chi connectivity index (χ4n) is 1.80. The summed E-state index contributed by atoms with van der Waals surface area (Å²) in [6.45, 7) is 7.49.